The molecule has 176 valence electrons. The normalized spacial score (nSPS) is 17.0. The highest BCUT2D eigenvalue weighted by Crippen LogP contribution is 2.41. The summed E-state index contributed by atoms with van der Waals surface area (Å²) in [7, 11) is 0. The number of hydrogen-bond donors (Lipinski definition) is 2. The third kappa shape index (κ3) is 3.83. The van der Waals surface area contributed by atoms with E-state index in [2.05, 4.69) is 14.6 Å². The molecule has 6 rings (SSSR count). The van der Waals surface area contributed by atoms with Crippen LogP contribution in [0.15, 0.2) is 46.0 Å². The second kappa shape index (κ2) is 8.65. The van der Waals surface area contributed by atoms with Crippen molar-refractivity contribution in [1.82, 2.24) is 19.2 Å². The maximum Gasteiger partial charge on any atom is 0.271 e. The highest BCUT2D eigenvalue weighted by molar-refractivity contribution is 7.12. The summed E-state index contributed by atoms with van der Waals surface area (Å²) in [6, 6.07) is 10.7. The van der Waals surface area contributed by atoms with Gasteiger partial charge in [-0.25, -0.2) is 4.39 Å². The molecule has 2 aromatic heterocycles. The van der Waals surface area contributed by atoms with Crippen molar-refractivity contribution < 1.29 is 9.13 Å². The van der Waals surface area contributed by atoms with Gasteiger partial charge in [-0.3, -0.25) is 18.9 Å². The SMILES string of the molecule is O=c1[nH]sc2c1c(=O)c1cc(F)c(-c3cccc(OCCN4CCNCC4)c3)cc1n2C1CC1. The first-order chi connectivity index (χ1) is 16.6. The van der Waals surface area contributed by atoms with E-state index < -0.39 is 16.8 Å². The van der Waals surface area contributed by atoms with Gasteiger partial charge in [-0.1, -0.05) is 12.1 Å². The maximum absolute atomic E-state index is 15.3. The number of ether oxygens (including phenoxy) is 1. The highest BCUT2D eigenvalue weighted by atomic mass is 32.1. The molecule has 0 amide bonds. The van der Waals surface area contributed by atoms with Crippen LogP contribution in [-0.4, -0.2) is 53.2 Å². The molecule has 1 saturated carbocycles. The number of nitrogens with one attached hydrogen (secondary N) is 2. The quantitative estimate of drug-likeness (QED) is 0.443. The van der Waals surface area contributed by atoms with E-state index >= 15 is 4.39 Å². The lowest BCUT2D eigenvalue weighted by molar-refractivity contribution is 0.191. The molecular weight excluding hydrogens is 455 g/mol. The first kappa shape index (κ1) is 21.5. The number of benzene rings is 2. The van der Waals surface area contributed by atoms with Crippen molar-refractivity contribution in [2.45, 2.75) is 18.9 Å². The van der Waals surface area contributed by atoms with Gasteiger partial charge in [0.2, 0.25) is 5.43 Å². The number of hydrogen-bond acceptors (Lipinski definition) is 6. The zero-order valence-electron chi connectivity index (χ0n) is 18.6. The van der Waals surface area contributed by atoms with Crippen LogP contribution in [0.4, 0.5) is 4.39 Å². The van der Waals surface area contributed by atoms with E-state index in [0.29, 0.717) is 33.8 Å². The van der Waals surface area contributed by atoms with Crippen LogP contribution in [0.5, 0.6) is 5.75 Å². The summed E-state index contributed by atoms with van der Waals surface area (Å²) >= 11 is 1.17. The van der Waals surface area contributed by atoms with Crippen LogP contribution >= 0.6 is 11.5 Å². The molecule has 1 saturated heterocycles. The van der Waals surface area contributed by atoms with Gasteiger partial charge < -0.3 is 14.6 Å². The first-order valence-corrected chi connectivity index (χ1v) is 12.5. The molecule has 2 fully saturated rings. The van der Waals surface area contributed by atoms with Gasteiger partial charge in [0.25, 0.3) is 5.56 Å². The summed E-state index contributed by atoms with van der Waals surface area (Å²) in [5, 5.41) is 3.70. The Morgan fingerprint density at radius 1 is 1.12 bits per heavy atom. The lowest BCUT2D eigenvalue weighted by Gasteiger charge is -2.26. The van der Waals surface area contributed by atoms with Crippen molar-refractivity contribution in [3.05, 3.63) is 62.8 Å². The molecular formula is C25H25FN4O3S. The molecule has 0 radical (unpaired) electrons. The zero-order chi connectivity index (χ0) is 23.2. The zero-order valence-corrected chi connectivity index (χ0v) is 19.4. The second-order valence-corrected chi connectivity index (χ2v) is 9.76. The van der Waals surface area contributed by atoms with E-state index in [9.17, 15) is 9.59 Å². The number of rotatable bonds is 6. The molecule has 7 nitrogen and oxygen atoms in total. The Morgan fingerprint density at radius 3 is 2.74 bits per heavy atom. The number of fused-ring (bicyclic) bond motifs is 2. The van der Waals surface area contributed by atoms with Crippen molar-refractivity contribution in [2.24, 2.45) is 0 Å². The predicted molar refractivity (Wildman–Crippen MR) is 133 cm³/mol. The minimum atomic E-state index is -0.490. The number of nitrogens with zero attached hydrogens (tertiary/aromatic N) is 2. The number of halogens is 1. The van der Waals surface area contributed by atoms with Crippen LogP contribution in [0.2, 0.25) is 0 Å². The van der Waals surface area contributed by atoms with Crippen molar-refractivity contribution in [3.8, 4) is 16.9 Å². The number of aromatic amines is 1. The van der Waals surface area contributed by atoms with Crippen LogP contribution in [0, 0.1) is 5.82 Å². The molecule has 0 atom stereocenters. The highest BCUT2D eigenvalue weighted by Gasteiger charge is 2.29. The molecule has 0 bridgehead atoms. The Bertz CT molecular complexity index is 1500. The van der Waals surface area contributed by atoms with Gasteiger partial charge in [-0.15, -0.1) is 0 Å². The fourth-order valence-corrected chi connectivity index (χ4v) is 5.67. The van der Waals surface area contributed by atoms with Crippen LogP contribution < -0.4 is 21.0 Å². The lowest BCUT2D eigenvalue weighted by atomic mass is 10.0. The minimum absolute atomic E-state index is 0.122. The van der Waals surface area contributed by atoms with Gasteiger partial charge in [0.15, 0.2) is 0 Å². The van der Waals surface area contributed by atoms with Crippen LogP contribution in [-0.2, 0) is 0 Å². The minimum Gasteiger partial charge on any atom is -0.492 e. The maximum atomic E-state index is 15.3. The molecule has 0 unspecified atom stereocenters. The molecule has 3 heterocycles. The van der Waals surface area contributed by atoms with Crippen molar-refractivity contribution in [3.63, 3.8) is 0 Å². The molecule has 2 aliphatic rings. The monoisotopic (exact) mass is 480 g/mol. The molecule has 4 aromatic rings. The molecule has 1 aliphatic carbocycles. The topological polar surface area (TPSA) is 79.4 Å². The summed E-state index contributed by atoms with van der Waals surface area (Å²) in [6.07, 6.45) is 1.95. The van der Waals surface area contributed by atoms with Crippen LogP contribution in [0.1, 0.15) is 18.9 Å². The van der Waals surface area contributed by atoms with E-state index in [1.165, 1.54) is 17.6 Å². The third-order valence-electron chi connectivity index (χ3n) is 6.66. The van der Waals surface area contributed by atoms with Gasteiger partial charge in [0, 0.05) is 49.7 Å². The van der Waals surface area contributed by atoms with Gasteiger partial charge in [0.05, 0.1) is 5.52 Å². The average Bonchev–Trinajstić information content (AvgIpc) is 3.61. The Hall–Kier alpha value is -3.01. The molecule has 1 aliphatic heterocycles. The Morgan fingerprint density at radius 2 is 1.94 bits per heavy atom. The van der Waals surface area contributed by atoms with E-state index in [4.69, 9.17) is 4.74 Å². The van der Waals surface area contributed by atoms with Gasteiger partial charge >= 0.3 is 0 Å². The smallest absolute Gasteiger partial charge is 0.271 e. The van der Waals surface area contributed by atoms with E-state index in [1.807, 2.05) is 28.8 Å². The van der Waals surface area contributed by atoms with Crippen molar-refractivity contribution in [1.29, 1.82) is 0 Å². The molecule has 2 N–H and O–H groups in total. The van der Waals surface area contributed by atoms with Crippen LogP contribution in [0.25, 0.3) is 32.2 Å². The molecule has 0 spiro atoms. The molecule has 34 heavy (non-hydrogen) atoms. The summed E-state index contributed by atoms with van der Waals surface area (Å²) in [6.45, 7) is 5.42. The predicted octanol–water partition coefficient (Wildman–Crippen LogP) is 3.33. The van der Waals surface area contributed by atoms with Gasteiger partial charge in [-0.05, 0) is 54.2 Å². The molecule has 2 aromatic carbocycles. The number of H-pyrrole nitrogens is 1. The number of aromatic nitrogens is 2. The van der Waals surface area contributed by atoms with Crippen molar-refractivity contribution in [2.75, 3.05) is 39.3 Å². The standard InChI is InChI=1S/C25H25FN4O3S/c26-20-13-19-21(30(16-4-5-16)25-22(23(19)31)24(32)28-34-25)14-18(20)15-2-1-3-17(12-15)33-11-10-29-8-6-27-7-9-29/h1-3,12-14,16,27H,4-11H2,(H,28,32). The Labute approximate surface area is 198 Å². The average molecular weight is 481 g/mol. The number of pyridine rings is 1. The second-order valence-electron chi connectivity index (χ2n) is 8.96. The van der Waals surface area contributed by atoms with Crippen molar-refractivity contribution >= 4 is 32.7 Å². The lowest BCUT2D eigenvalue weighted by Crippen LogP contribution is -2.44. The first-order valence-electron chi connectivity index (χ1n) is 11.7. The van der Waals surface area contributed by atoms with E-state index in [1.54, 1.807) is 6.07 Å². The van der Waals surface area contributed by atoms with Gasteiger partial charge in [-0.2, -0.15) is 0 Å². The Kier molecular flexibility index (Phi) is 5.47. The van der Waals surface area contributed by atoms with Gasteiger partial charge in [0.1, 0.15) is 28.4 Å². The molecule has 9 heteroatoms. The summed E-state index contributed by atoms with van der Waals surface area (Å²) in [5.41, 5.74) is 0.945. The van der Waals surface area contributed by atoms with E-state index in [0.717, 1.165) is 45.6 Å². The summed E-state index contributed by atoms with van der Waals surface area (Å²) in [5.74, 6) is 0.196. The fraction of sp³-hybridized carbons (Fsp3) is 0.360. The third-order valence-corrected chi connectivity index (χ3v) is 7.54. The summed E-state index contributed by atoms with van der Waals surface area (Å²) < 4.78 is 26.0. The summed E-state index contributed by atoms with van der Waals surface area (Å²) in [4.78, 5) is 28.3. The Balaban J connectivity index is 1.37. The van der Waals surface area contributed by atoms with E-state index in [-0.39, 0.29) is 16.8 Å². The van der Waals surface area contributed by atoms with Crippen LogP contribution in [0.3, 0.4) is 0 Å². The largest absolute Gasteiger partial charge is 0.492 e. The fourth-order valence-electron chi connectivity index (χ4n) is 4.75. The number of piperazine rings is 1.